The van der Waals surface area contributed by atoms with Gasteiger partial charge in [0.15, 0.2) is 11.0 Å². The smallest absolute Gasteiger partial charge is 0.416 e. The van der Waals surface area contributed by atoms with Gasteiger partial charge < -0.3 is 9.94 Å². The number of hydrogen-bond donors (Lipinski definition) is 2. The molecule has 2 heterocycles. The summed E-state index contributed by atoms with van der Waals surface area (Å²) in [6, 6.07) is 4.58. The van der Waals surface area contributed by atoms with E-state index in [1.165, 1.54) is 36.0 Å². The van der Waals surface area contributed by atoms with Crippen molar-refractivity contribution >= 4 is 17.7 Å². The first-order valence-electron chi connectivity index (χ1n) is 11.1. The van der Waals surface area contributed by atoms with E-state index in [-0.39, 0.29) is 30.7 Å². The summed E-state index contributed by atoms with van der Waals surface area (Å²) in [5.41, 5.74) is -2.73. The molecule has 0 spiro atoms. The first-order valence-corrected chi connectivity index (χ1v) is 12.3. The van der Waals surface area contributed by atoms with Crippen molar-refractivity contribution in [3.05, 3.63) is 81.7 Å². The Morgan fingerprint density at radius 2 is 1.68 bits per heavy atom. The SMILES string of the molecule is CSC1=CC(c2ccc(F)cc2)N(O)C(Cc2cc(C(F)(F)F)cc(C(F)(F)F)c2)C2CNCN=C2O1. The van der Waals surface area contributed by atoms with Crippen molar-refractivity contribution in [2.75, 3.05) is 19.5 Å². The normalized spacial score (nSPS) is 23.3. The maximum Gasteiger partial charge on any atom is 0.416 e. The average molecular weight is 550 g/mol. The molecule has 5 nitrogen and oxygen atoms in total. The minimum absolute atomic E-state index is 0.0608. The summed E-state index contributed by atoms with van der Waals surface area (Å²) in [6.45, 7) is 0.387. The van der Waals surface area contributed by atoms with Crippen LogP contribution in [0.25, 0.3) is 0 Å². The number of benzene rings is 2. The average Bonchev–Trinajstić information content (AvgIpc) is 2.84. The van der Waals surface area contributed by atoms with Gasteiger partial charge in [0.1, 0.15) is 5.82 Å². The van der Waals surface area contributed by atoms with Gasteiger partial charge in [-0.05, 0) is 60.2 Å². The van der Waals surface area contributed by atoms with Crippen LogP contribution < -0.4 is 5.32 Å². The van der Waals surface area contributed by atoms with E-state index in [0.717, 1.165) is 5.06 Å². The summed E-state index contributed by atoms with van der Waals surface area (Å²) in [6.07, 6.45) is -7.14. The molecule has 37 heavy (non-hydrogen) atoms. The lowest BCUT2D eigenvalue weighted by Gasteiger charge is -2.40. The van der Waals surface area contributed by atoms with Gasteiger partial charge in [0.05, 0.1) is 35.8 Å². The number of nitrogens with zero attached hydrogens (tertiary/aromatic N) is 2. The maximum absolute atomic E-state index is 13.6. The van der Waals surface area contributed by atoms with Crippen molar-refractivity contribution in [1.29, 1.82) is 0 Å². The summed E-state index contributed by atoms with van der Waals surface area (Å²) in [5, 5.41) is 15.7. The molecule has 2 aromatic carbocycles. The second-order valence-electron chi connectivity index (χ2n) is 8.57. The topological polar surface area (TPSA) is 57.1 Å². The number of thioether (sulfide) groups is 1. The molecule has 0 bridgehead atoms. The first-order chi connectivity index (χ1) is 17.4. The quantitative estimate of drug-likeness (QED) is 0.457. The summed E-state index contributed by atoms with van der Waals surface area (Å²) < 4.78 is 100. The van der Waals surface area contributed by atoms with Crippen LogP contribution >= 0.6 is 11.8 Å². The van der Waals surface area contributed by atoms with Crippen LogP contribution in [-0.2, 0) is 23.5 Å². The lowest BCUT2D eigenvalue weighted by molar-refractivity contribution is -0.160. The second kappa shape index (κ2) is 10.6. The van der Waals surface area contributed by atoms with Gasteiger partial charge in [-0.1, -0.05) is 23.9 Å². The Labute approximate surface area is 212 Å². The summed E-state index contributed by atoms with van der Waals surface area (Å²) in [7, 11) is 0. The van der Waals surface area contributed by atoms with E-state index < -0.39 is 53.7 Å². The first kappa shape index (κ1) is 27.4. The molecular formula is C24H22F7N3O2S. The third-order valence-electron chi connectivity index (χ3n) is 6.12. The number of fused-ring (bicyclic) bond motifs is 1. The van der Waals surface area contributed by atoms with Crippen molar-refractivity contribution in [3.8, 4) is 0 Å². The lowest BCUT2D eigenvalue weighted by Crippen LogP contribution is -2.51. The molecule has 2 N–H and O–H groups in total. The Hall–Kier alpha value is -2.61. The number of hydroxylamine groups is 2. The van der Waals surface area contributed by atoms with Crippen LogP contribution in [0.1, 0.15) is 28.3 Å². The molecule has 0 radical (unpaired) electrons. The van der Waals surface area contributed by atoms with Gasteiger partial charge in [0.25, 0.3) is 0 Å². The standard InChI is InChI=1S/C24H22F7N3O2S/c1-37-21-10-19(14-2-4-17(25)5-3-14)34(35)20(18-11-32-12-33-22(18)36-21)8-13-6-15(23(26,27)28)9-16(7-13)24(29,30)31/h2-7,9-10,18-20,32,35H,8,11-12H2,1H3. The van der Waals surface area contributed by atoms with Gasteiger partial charge in [-0.2, -0.15) is 31.4 Å². The lowest BCUT2D eigenvalue weighted by atomic mass is 9.88. The molecule has 3 atom stereocenters. The fourth-order valence-electron chi connectivity index (χ4n) is 4.33. The van der Waals surface area contributed by atoms with Crippen molar-refractivity contribution in [1.82, 2.24) is 10.4 Å². The van der Waals surface area contributed by atoms with Crippen LogP contribution in [0.4, 0.5) is 30.7 Å². The van der Waals surface area contributed by atoms with Gasteiger partial charge in [-0.15, -0.1) is 0 Å². The Balaban J connectivity index is 1.82. The number of rotatable bonds is 4. The second-order valence-corrected chi connectivity index (χ2v) is 9.38. The van der Waals surface area contributed by atoms with Crippen molar-refractivity contribution in [2.24, 2.45) is 10.9 Å². The highest BCUT2D eigenvalue weighted by atomic mass is 32.2. The maximum atomic E-state index is 13.6. The molecule has 4 rings (SSSR count). The molecule has 200 valence electrons. The summed E-state index contributed by atoms with van der Waals surface area (Å²) >= 11 is 1.22. The van der Waals surface area contributed by atoms with Crippen LogP contribution in [0.3, 0.4) is 0 Å². The van der Waals surface area contributed by atoms with Crippen LogP contribution in [0.15, 0.2) is 58.6 Å². The van der Waals surface area contributed by atoms with E-state index in [9.17, 15) is 35.9 Å². The fraction of sp³-hybridized carbons (Fsp3) is 0.375. The Morgan fingerprint density at radius 3 is 2.24 bits per heavy atom. The van der Waals surface area contributed by atoms with Gasteiger partial charge in [-0.25, -0.2) is 9.38 Å². The highest BCUT2D eigenvalue weighted by molar-refractivity contribution is 8.02. The largest absolute Gasteiger partial charge is 0.436 e. The van der Waals surface area contributed by atoms with Crippen LogP contribution in [0, 0.1) is 11.7 Å². The monoisotopic (exact) mass is 549 g/mol. The third-order valence-corrected chi connectivity index (χ3v) is 6.74. The number of alkyl halides is 6. The van der Waals surface area contributed by atoms with E-state index in [0.29, 0.717) is 22.8 Å². The van der Waals surface area contributed by atoms with E-state index in [1.54, 1.807) is 12.3 Å². The fourth-order valence-corrected chi connectivity index (χ4v) is 4.77. The Bertz CT molecular complexity index is 1150. The van der Waals surface area contributed by atoms with E-state index >= 15 is 0 Å². The molecular weight excluding hydrogens is 527 g/mol. The number of hydrogen-bond acceptors (Lipinski definition) is 6. The van der Waals surface area contributed by atoms with E-state index in [1.807, 2.05) is 0 Å². The van der Waals surface area contributed by atoms with E-state index in [4.69, 9.17) is 4.74 Å². The zero-order valence-corrected chi connectivity index (χ0v) is 20.1. The Kier molecular flexibility index (Phi) is 7.88. The van der Waals surface area contributed by atoms with Crippen molar-refractivity contribution in [2.45, 2.75) is 30.9 Å². The number of nitrogens with one attached hydrogen (secondary N) is 1. The molecule has 2 aromatic rings. The highest BCUT2D eigenvalue weighted by Gasteiger charge is 2.41. The molecule has 0 saturated heterocycles. The molecule has 0 saturated carbocycles. The van der Waals surface area contributed by atoms with Crippen molar-refractivity contribution in [3.63, 3.8) is 0 Å². The zero-order valence-electron chi connectivity index (χ0n) is 19.3. The Morgan fingerprint density at radius 1 is 1.05 bits per heavy atom. The molecule has 0 aliphatic carbocycles. The van der Waals surface area contributed by atoms with Gasteiger partial charge >= 0.3 is 12.4 Å². The van der Waals surface area contributed by atoms with E-state index in [2.05, 4.69) is 10.3 Å². The molecule has 0 fully saturated rings. The van der Waals surface area contributed by atoms with Gasteiger partial charge in [0.2, 0.25) is 0 Å². The summed E-state index contributed by atoms with van der Waals surface area (Å²) in [5.74, 6) is -1.04. The van der Waals surface area contributed by atoms with Crippen LogP contribution in [0.2, 0.25) is 0 Å². The summed E-state index contributed by atoms with van der Waals surface area (Å²) in [4.78, 5) is 4.28. The highest BCUT2D eigenvalue weighted by Crippen LogP contribution is 2.39. The predicted molar refractivity (Wildman–Crippen MR) is 123 cm³/mol. The van der Waals surface area contributed by atoms with Gasteiger partial charge in [-0.3, -0.25) is 5.32 Å². The number of ether oxygens (including phenoxy) is 1. The van der Waals surface area contributed by atoms with Crippen LogP contribution in [0.5, 0.6) is 0 Å². The predicted octanol–water partition coefficient (Wildman–Crippen LogP) is 6.02. The third kappa shape index (κ3) is 6.28. The molecule has 0 amide bonds. The van der Waals surface area contributed by atoms with Gasteiger partial charge in [0, 0.05) is 6.54 Å². The molecule has 0 aromatic heterocycles. The number of halogens is 7. The molecule has 2 aliphatic heterocycles. The number of aliphatic imine (C=N–C) groups is 1. The van der Waals surface area contributed by atoms with Crippen LogP contribution in [-0.4, -0.2) is 41.7 Å². The van der Waals surface area contributed by atoms with Crippen molar-refractivity contribution < 1.29 is 40.7 Å². The minimum atomic E-state index is -5.01. The molecule has 13 heteroatoms. The minimum Gasteiger partial charge on any atom is -0.436 e. The zero-order chi connectivity index (χ0) is 27.0. The molecule has 3 unspecified atom stereocenters. The molecule has 2 aliphatic rings.